The summed E-state index contributed by atoms with van der Waals surface area (Å²) in [5.74, 6) is 1.21. The van der Waals surface area contributed by atoms with Crippen LogP contribution in [0.3, 0.4) is 0 Å². The fraction of sp³-hybridized carbons (Fsp3) is 0.375. The van der Waals surface area contributed by atoms with E-state index in [2.05, 4.69) is 15.5 Å². The van der Waals surface area contributed by atoms with Gasteiger partial charge in [-0.3, -0.25) is 4.90 Å². The van der Waals surface area contributed by atoms with Gasteiger partial charge in [-0.05, 0) is 6.07 Å². The molecule has 0 bridgehead atoms. The second-order valence-corrected chi connectivity index (χ2v) is 2.56. The third-order valence-electron chi connectivity index (χ3n) is 1.49. The van der Waals surface area contributed by atoms with E-state index < -0.39 is 0 Å². The van der Waals surface area contributed by atoms with Crippen molar-refractivity contribution in [3.63, 3.8) is 0 Å². The third kappa shape index (κ3) is 1.26. The molecule has 54 valence electrons. The molecular formula is C8H13N2+. The Bertz CT molecular complexity index is 218. The zero-order valence-corrected chi connectivity index (χ0v) is 6.70. The van der Waals surface area contributed by atoms with Crippen LogP contribution in [0.25, 0.3) is 0 Å². The lowest BCUT2D eigenvalue weighted by Crippen LogP contribution is -2.34. The molecule has 1 rings (SSSR count). The summed E-state index contributed by atoms with van der Waals surface area (Å²) in [5, 5.41) is 0. The summed E-state index contributed by atoms with van der Waals surface area (Å²) >= 11 is 0. The number of aromatic nitrogens is 1. The quantitative estimate of drug-likeness (QED) is 0.513. The Kier molecular flexibility index (Phi) is 1.90. The Hall–Kier alpha value is -1.05. The number of pyridine rings is 1. The van der Waals surface area contributed by atoms with Crippen LogP contribution < -0.4 is 9.47 Å². The monoisotopic (exact) mass is 137 g/mol. The van der Waals surface area contributed by atoms with E-state index in [1.807, 2.05) is 39.5 Å². The van der Waals surface area contributed by atoms with E-state index in [-0.39, 0.29) is 0 Å². The molecule has 10 heavy (non-hydrogen) atoms. The van der Waals surface area contributed by atoms with E-state index in [9.17, 15) is 0 Å². The van der Waals surface area contributed by atoms with Crippen molar-refractivity contribution in [1.82, 2.24) is 0 Å². The summed E-state index contributed by atoms with van der Waals surface area (Å²) in [6.45, 7) is 0. The van der Waals surface area contributed by atoms with Crippen molar-refractivity contribution in [2.75, 3.05) is 19.0 Å². The van der Waals surface area contributed by atoms with Gasteiger partial charge in [0, 0.05) is 6.07 Å². The van der Waals surface area contributed by atoms with Gasteiger partial charge in [-0.1, -0.05) is 6.07 Å². The van der Waals surface area contributed by atoms with Gasteiger partial charge in [0.1, 0.15) is 0 Å². The van der Waals surface area contributed by atoms with Crippen LogP contribution in [0.5, 0.6) is 0 Å². The molecule has 0 aliphatic heterocycles. The summed E-state index contributed by atoms with van der Waals surface area (Å²) < 4.78 is 2.08. The first-order valence-corrected chi connectivity index (χ1v) is 3.34. The number of aryl methyl sites for hydroxylation is 1. The molecule has 0 aliphatic carbocycles. The first-order valence-electron chi connectivity index (χ1n) is 3.34. The molecule has 1 aromatic rings. The van der Waals surface area contributed by atoms with Crippen LogP contribution in [0.15, 0.2) is 24.4 Å². The molecular weight excluding hydrogens is 124 g/mol. The van der Waals surface area contributed by atoms with Gasteiger partial charge in [-0.15, -0.1) is 0 Å². The Morgan fingerprint density at radius 1 is 1.30 bits per heavy atom. The van der Waals surface area contributed by atoms with Crippen molar-refractivity contribution in [1.29, 1.82) is 0 Å². The van der Waals surface area contributed by atoms with Gasteiger partial charge in [0.15, 0.2) is 0 Å². The predicted molar refractivity (Wildman–Crippen MR) is 41.9 cm³/mol. The lowest BCUT2D eigenvalue weighted by Gasteiger charge is -2.05. The van der Waals surface area contributed by atoms with Gasteiger partial charge >= 0.3 is 0 Å². The first-order chi connectivity index (χ1) is 4.72. The Morgan fingerprint density at radius 3 is 2.40 bits per heavy atom. The van der Waals surface area contributed by atoms with Crippen LogP contribution in [-0.2, 0) is 7.05 Å². The van der Waals surface area contributed by atoms with Gasteiger partial charge in [0.2, 0.25) is 0 Å². The molecule has 1 aromatic heterocycles. The topological polar surface area (TPSA) is 7.12 Å². The van der Waals surface area contributed by atoms with E-state index in [1.165, 1.54) is 5.82 Å². The van der Waals surface area contributed by atoms with E-state index >= 15 is 0 Å². The Labute approximate surface area is 61.7 Å². The number of hydrogen-bond donors (Lipinski definition) is 0. The van der Waals surface area contributed by atoms with Gasteiger partial charge in [0.05, 0.1) is 27.3 Å². The largest absolute Gasteiger partial charge is 0.275 e. The van der Waals surface area contributed by atoms with Gasteiger partial charge in [-0.2, -0.15) is 0 Å². The summed E-state index contributed by atoms with van der Waals surface area (Å²) in [6, 6.07) is 6.14. The minimum absolute atomic E-state index is 1.21. The van der Waals surface area contributed by atoms with E-state index in [0.717, 1.165) is 0 Å². The van der Waals surface area contributed by atoms with Crippen LogP contribution >= 0.6 is 0 Å². The minimum Gasteiger partial charge on any atom is -0.267 e. The highest BCUT2D eigenvalue weighted by Gasteiger charge is 2.04. The normalized spacial score (nSPS) is 9.50. The number of nitrogens with zero attached hydrogens (tertiary/aromatic N) is 2. The smallest absolute Gasteiger partial charge is 0.267 e. The molecule has 0 atom stereocenters. The van der Waals surface area contributed by atoms with Crippen LogP contribution in [0.1, 0.15) is 0 Å². The van der Waals surface area contributed by atoms with Crippen LogP contribution in [0, 0.1) is 0 Å². The fourth-order valence-electron chi connectivity index (χ4n) is 0.979. The molecule has 0 aromatic carbocycles. The standard InChI is InChI=1S/C8H13N2/c1-9(2)8-6-4-5-7-10(8)3/h4-7H,1-3H3/q+1. The zero-order valence-electron chi connectivity index (χ0n) is 6.70. The highest BCUT2D eigenvalue weighted by Crippen LogP contribution is 1.99. The molecule has 0 saturated heterocycles. The molecule has 0 fully saturated rings. The average Bonchev–Trinajstić information content (AvgIpc) is 1.88. The first kappa shape index (κ1) is 7.06. The van der Waals surface area contributed by atoms with E-state index in [0.29, 0.717) is 0 Å². The van der Waals surface area contributed by atoms with E-state index in [1.54, 1.807) is 0 Å². The molecule has 0 spiro atoms. The van der Waals surface area contributed by atoms with Crippen molar-refractivity contribution in [2.24, 2.45) is 7.05 Å². The van der Waals surface area contributed by atoms with Crippen molar-refractivity contribution in [3.05, 3.63) is 24.4 Å². The molecule has 0 saturated carbocycles. The maximum atomic E-state index is 2.08. The SMILES string of the molecule is CN(C)c1cccc[n+]1C. The zero-order chi connectivity index (χ0) is 7.56. The lowest BCUT2D eigenvalue weighted by atomic mass is 10.4. The third-order valence-corrected chi connectivity index (χ3v) is 1.49. The molecule has 2 nitrogen and oxygen atoms in total. The van der Waals surface area contributed by atoms with Crippen LogP contribution in [0.4, 0.5) is 5.82 Å². The predicted octanol–water partition coefficient (Wildman–Crippen LogP) is 0.577. The van der Waals surface area contributed by atoms with Gasteiger partial charge < -0.3 is 0 Å². The highest BCUT2D eigenvalue weighted by atomic mass is 15.2. The van der Waals surface area contributed by atoms with Crippen molar-refractivity contribution >= 4 is 5.82 Å². The van der Waals surface area contributed by atoms with Crippen LogP contribution in [0.2, 0.25) is 0 Å². The second-order valence-electron chi connectivity index (χ2n) is 2.56. The number of rotatable bonds is 1. The van der Waals surface area contributed by atoms with E-state index in [4.69, 9.17) is 0 Å². The maximum absolute atomic E-state index is 2.08. The van der Waals surface area contributed by atoms with Gasteiger partial charge in [-0.25, -0.2) is 4.57 Å². The van der Waals surface area contributed by atoms with Crippen LogP contribution in [-0.4, -0.2) is 14.1 Å². The molecule has 2 heteroatoms. The second kappa shape index (κ2) is 2.69. The van der Waals surface area contributed by atoms with Crippen molar-refractivity contribution < 1.29 is 4.57 Å². The molecule has 0 unspecified atom stereocenters. The Balaban J connectivity index is 3.03. The number of anilines is 1. The molecule has 0 aliphatic rings. The molecule has 0 amide bonds. The number of hydrogen-bond acceptors (Lipinski definition) is 1. The lowest BCUT2D eigenvalue weighted by molar-refractivity contribution is -0.658. The van der Waals surface area contributed by atoms with Gasteiger partial charge in [0.25, 0.3) is 5.82 Å². The molecule has 1 heterocycles. The molecule has 0 radical (unpaired) electrons. The fourth-order valence-corrected chi connectivity index (χ4v) is 0.979. The summed E-state index contributed by atoms with van der Waals surface area (Å²) in [7, 11) is 6.11. The Morgan fingerprint density at radius 2 is 2.00 bits per heavy atom. The molecule has 0 N–H and O–H groups in total. The summed E-state index contributed by atoms with van der Waals surface area (Å²) in [4.78, 5) is 2.08. The summed E-state index contributed by atoms with van der Waals surface area (Å²) in [5.41, 5.74) is 0. The van der Waals surface area contributed by atoms with Crippen molar-refractivity contribution in [3.8, 4) is 0 Å². The van der Waals surface area contributed by atoms with Crippen molar-refractivity contribution in [2.45, 2.75) is 0 Å². The summed E-state index contributed by atoms with van der Waals surface area (Å²) in [6.07, 6.45) is 2.04. The average molecular weight is 137 g/mol. The minimum atomic E-state index is 1.21. The maximum Gasteiger partial charge on any atom is 0.275 e. The highest BCUT2D eigenvalue weighted by molar-refractivity contribution is 5.28.